The van der Waals surface area contributed by atoms with Crippen LogP contribution in [0.1, 0.15) is 19.4 Å². The Morgan fingerprint density at radius 3 is 2.20 bits per heavy atom. The summed E-state index contributed by atoms with van der Waals surface area (Å²) in [6.07, 6.45) is -5.11. The average molecular weight is 292 g/mol. The summed E-state index contributed by atoms with van der Waals surface area (Å²) < 4.78 is 53.0. The van der Waals surface area contributed by atoms with Gasteiger partial charge in [-0.1, -0.05) is 6.07 Å². The van der Waals surface area contributed by atoms with E-state index in [9.17, 15) is 27.2 Å². The zero-order valence-electron chi connectivity index (χ0n) is 10.8. The summed E-state index contributed by atoms with van der Waals surface area (Å²) in [6.45, 7) is 2.42. The van der Waals surface area contributed by atoms with E-state index in [2.05, 4.69) is 4.74 Å². The van der Waals surface area contributed by atoms with Crippen LogP contribution >= 0.6 is 0 Å². The van der Waals surface area contributed by atoms with Gasteiger partial charge in [0.05, 0.1) is 5.92 Å². The standard InChI is InChI=1S/C13H12F4O3/c1-7(18)10(8(2)19)5-9-3-4-11(14)12(6-9)20-13(15,16)17/h3-4,6,10H,5H2,1-2H3. The number of carbonyl (C=O) groups is 2. The zero-order valence-corrected chi connectivity index (χ0v) is 10.8. The lowest BCUT2D eigenvalue weighted by Crippen LogP contribution is -2.22. The summed E-state index contributed by atoms with van der Waals surface area (Å²) in [6, 6.07) is 2.84. The lowest BCUT2D eigenvalue weighted by Gasteiger charge is -2.13. The first-order valence-corrected chi connectivity index (χ1v) is 5.65. The molecule has 110 valence electrons. The predicted molar refractivity (Wildman–Crippen MR) is 61.6 cm³/mol. The van der Waals surface area contributed by atoms with Crippen molar-refractivity contribution in [3.05, 3.63) is 29.6 Å². The molecule has 3 nitrogen and oxygen atoms in total. The predicted octanol–water partition coefficient (Wildman–Crippen LogP) is 3.06. The SMILES string of the molecule is CC(=O)C(Cc1ccc(F)c(OC(F)(F)F)c1)C(C)=O. The highest BCUT2D eigenvalue weighted by atomic mass is 19.4. The molecular weight excluding hydrogens is 280 g/mol. The molecule has 0 unspecified atom stereocenters. The van der Waals surface area contributed by atoms with E-state index >= 15 is 0 Å². The van der Waals surface area contributed by atoms with E-state index in [1.165, 1.54) is 19.9 Å². The number of hydrogen-bond acceptors (Lipinski definition) is 3. The van der Waals surface area contributed by atoms with E-state index in [-0.39, 0.29) is 12.0 Å². The van der Waals surface area contributed by atoms with Gasteiger partial charge in [0.2, 0.25) is 0 Å². The van der Waals surface area contributed by atoms with Gasteiger partial charge < -0.3 is 4.74 Å². The van der Waals surface area contributed by atoms with Crippen molar-refractivity contribution in [2.45, 2.75) is 26.6 Å². The van der Waals surface area contributed by atoms with Gasteiger partial charge in [0.25, 0.3) is 0 Å². The fourth-order valence-corrected chi connectivity index (χ4v) is 1.69. The maximum atomic E-state index is 13.2. The molecule has 0 fully saturated rings. The minimum absolute atomic E-state index is 0.0981. The maximum Gasteiger partial charge on any atom is 0.573 e. The van der Waals surface area contributed by atoms with Crippen LogP contribution in [0.2, 0.25) is 0 Å². The fraction of sp³-hybridized carbons (Fsp3) is 0.385. The quantitative estimate of drug-likeness (QED) is 0.619. The molecule has 0 amide bonds. The van der Waals surface area contributed by atoms with Crippen molar-refractivity contribution in [1.82, 2.24) is 0 Å². The van der Waals surface area contributed by atoms with Crippen LogP contribution in [0.3, 0.4) is 0 Å². The summed E-state index contributed by atoms with van der Waals surface area (Å²) in [5.74, 6) is -3.92. The van der Waals surface area contributed by atoms with Crippen LogP contribution in [-0.2, 0) is 16.0 Å². The number of ketones is 2. The highest BCUT2D eigenvalue weighted by Gasteiger charge is 2.32. The Labute approximate surface area is 112 Å². The molecule has 0 aliphatic carbocycles. The highest BCUT2D eigenvalue weighted by molar-refractivity contribution is 6.00. The first-order chi connectivity index (χ1) is 9.10. The molecular formula is C13H12F4O3. The van der Waals surface area contributed by atoms with Crippen molar-refractivity contribution < 1.29 is 31.9 Å². The number of halogens is 4. The van der Waals surface area contributed by atoms with Gasteiger partial charge in [-0.2, -0.15) is 0 Å². The maximum absolute atomic E-state index is 13.2. The van der Waals surface area contributed by atoms with E-state index in [0.717, 1.165) is 12.1 Å². The third kappa shape index (κ3) is 4.64. The summed E-state index contributed by atoms with van der Waals surface area (Å²) in [5, 5.41) is 0. The Kier molecular flexibility index (Phi) is 4.86. The first kappa shape index (κ1) is 16.1. The highest BCUT2D eigenvalue weighted by Crippen LogP contribution is 2.27. The third-order valence-corrected chi connectivity index (χ3v) is 2.64. The smallest absolute Gasteiger partial charge is 0.403 e. The largest absolute Gasteiger partial charge is 0.573 e. The molecule has 0 aliphatic heterocycles. The van der Waals surface area contributed by atoms with E-state index in [4.69, 9.17) is 0 Å². The number of alkyl halides is 3. The Bertz CT molecular complexity index is 509. The van der Waals surface area contributed by atoms with Crippen LogP contribution < -0.4 is 4.74 Å². The molecule has 0 bridgehead atoms. The molecule has 0 N–H and O–H groups in total. The normalized spacial score (nSPS) is 11.6. The van der Waals surface area contributed by atoms with Crippen molar-refractivity contribution in [2.75, 3.05) is 0 Å². The molecule has 0 radical (unpaired) electrons. The average Bonchev–Trinajstić information content (AvgIpc) is 2.27. The van der Waals surface area contributed by atoms with Crippen molar-refractivity contribution in [3.63, 3.8) is 0 Å². The van der Waals surface area contributed by atoms with Gasteiger partial charge in [-0.3, -0.25) is 9.59 Å². The molecule has 1 aromatic carbocycles. The molecule has 0 saturated carbocycles. The third-order valence-electron chi connectivity index (χ3n) is 2.64. The monoisotopic (exact) mass is 292 g/mol. The summed E-state index contributed by atoms with van der Waals surface area (Å²) in [7, 11) is 0. The van der Waals surface area contributed by atoms with Crippen LogP contribution in [0.25, 0.3) is 0 Å². The van der Waals surface area contributed by atoms with Gasteiger partial charge >= 0.3 is 6.36 Å². The topological polar surface area (TPSA) is 43.4 Å². The minimum Gasteiger partial charge on any atom is -0.403 e. The van der Waals surface area contributed by atoms with Crippen LogP contribution in [0.4, 0.5) is 17.6 Å². The number of benzene rings is 1. The Morgan fingerprint density at radius 1 is 1.20 bits per heavy atom. The van der Waals surface area contributed by atoms with Crippen molar-refractivity contribution in [2.24, 2.45) is 5.92 Å². The molecule has 7 heteroatoms. The molecule has 0 saturated heterocycles. The molecule has 1 aromatic rings. The Hall–Kier alpha value is -1.92. The van der Waals surface area contributed by atoms with Gasteiger partial charge in [0.15, 0.2) is 11.6 Å². The summed E-state index contributed by atoms with van der Waals surface area (Å²) in [4.78, 5) is 22.5. The van der Waals surface area contributed by atoms with Gasteiger partial charge in [-0.25, -0.2) is 4.39 Å². The molecule has 0 aliphatic rings. The van der Waals surface area contributed by atoms with E-state index in [1.54, 1.807) is 0 Å². The molecule has 0 spiro atoms. The fourth-order valence-electron chi connectivity index (χ4n) is 1.69. The molecule has 1 rings (SSSR count). The molecule has 0 aromatic heterocycles. The van der Waals surface area contributed by atoms with E-state index in [1.807, 2.05) is 0 Å². The van der Waals surface area contributed by atoms with E-state index in [0.29, 0.717) is 0 Å². The molecule has 0 atom stereocenters. The van der Waals surface area contributed by atoms with Crippen LogP contribution in [0.5, 0.6) is 5.75 Å². The van der Waals surface area contributed by atoms with Crippen molar-refractivity contribution >= 4 is 11.6 Å². The summed E-state index contributed by atoms with van der Waals surface area (Å²) >= 11 is 0. The molecule has 20 heavy (non-hydrogen) atoms. The number of rotatable bonds is 5. The first-order valence-electron chi connectivity index (χ1n) is 5.65. The zero-order chi connectivity index (χ0) is 15.5. The van der Waals surface area contributed by atoms with Gasteiger partial charge in [-0.15, -0.1) is 13.2 Å². The second kappa shape index (κ2) is 6.02. The van der Waals surface area contributed by atoms with Gasteiger partial charge in [0.1, 0.15) is 11.6 Å². The Balaban J connectivity index is 3.00. The number of hydrogen-bond donors (Lipinski definition) is 0. The Morgan fingerprint density at radius 2 is 1.75 bits per heavy atom. The number of carbonyl (C=O) groups excluding carboxylic acids is 2. The van der Waals surface area contributed by atoms with Crippen molar-refractivity contribution in [1.29, 1.82) is 0 Å². The van der Waals surface area contributed by atoms with Crippen LogP contribution in [0, 0.1) is 11.7 Å². The molecule has 0 heterocycles. The van der Waals surface area contributed by atoms with Crippen LogP contribution in [0.15, 0.2) is 18.2 Å². The van der Waals surface area contributed by atoms with E-state index < -0.39 is 35.4 Å². The lowest BCUT2D eigenvalue weighted by molar-refractivity contribution is -0.275. The van der Waals surface area contributed by atoms with Crippen LogP contribution in [-0.4, -0.2) is 17.9 Å². The second-order valence-electron chi connectivity index (χ2n) is 4.29. The van der Waals surface area contributed by atoms with Gasteiger partial charge in [0, 0.05) is 0 Å². The number of Topliss-reactive ketones (excluding diaryl/α,β-unsaturated/α-hetero) is 2. The second-order valence-corrected chi connectivity index (χ2v) is 4.29. The minimum atomic E-state index is -5.01. The lowest BCUT2D eigenvalue weighted by atomic mass is 9.92. The van der Waals surface area contributed by atoms with Crippen molar-refractivity contribution in [3.8, 4) is 5.75 Å². The number of ether oxygens (including phenoxy) is 1. The summed E-state index contributed by atoms with van der Waals surface area (Å²) in [5.41, 5.74) is 0.209. The van der Waals surface area contributed by atoms with Gasteiger partial charge in [-0.05, 0) is 38.0 Å².